The minimum atomic E-state index is -0.860. The second-order valence-corrected chi connectivity index (χ2v) is 3.81. The summed E-state index contributed by atoms with van der Waals surface area (Å²) >= 11 is 0. The quantitative estimate of drug-likeness (QED) is 0.752. The molecule has 2 amide bonds. The molecular weight excluding hydrogens is 262 g/mol. The molecule has 0 bridgehead atoms. The van der Waals surface area contributed by atoms with Crippen molar-refractivity contribution in [2.75, 3.05) is 5.32 Å². The summed E-state index contributed by atoms with van der Waals surface area (Å²) in [5.41, 5.74) is 4.83. The summed E-state index contributed by atoms with van der Waals surface area (Å²) in [5.74, 6) is -2.56. The predicted molar refractivity (Wildman–Crippen MR) is 70.3 cm³/mol. The van der Waals surface area contributed by atoms with E-state index < -0.39 is 17.6 Å². The van der Waals surface area contributed by atoms with Gasteiger partial charge in [0.1, 0.15) is 13.7 Å². The summed E-state index contributed by atoms with van der Waals surface area (Å²) in [6, 6.07) is 3.56. The molecule has 2 rings (SSSR count). The van der Waals surface area contributed by atoms with E-state index in [4.69, 9.17) is 13.6 Å². The van der Waals surface area contributed by atoms with Crippen LogP contribution in [0.2, 0.25) is 0 Å². The highest BCUT2D eigenvalue weighted by atomic mass is 19.1. The van der Waals surface area contributed by atoms with Crippen molar-refractivity contribution in [1.82, 2.24) is 9.97 Å². The second-order valence-electron chi connectivity index (χ2n) is 3.81. The van der Waals surface area contributed by atoms with Crippen LogP contribution in [0.3, 0.4) is 0 Å². The molecule has 2 radical (unpaired) electrons. The lowest BCUT2D eigenvalue weighted by atomic mass is 9.94. The number of halogens is 1. The fourth-order valence-electron chi connectivity index (χ4n) is 1.50. The van der Waals surface area contributed by atoms with Gasteiger partial charge in [-0.05, 0) is 6.07 Å². The van der Waals surface area contributed by atoms with E-state index in [1.807, 2.05) is 0 Å². The van der Waals surface area contributed by atoms with Gasteiger partial charge >= 0.3 is 0 Å². The van der Waals surface area contributed by atoms with E-state index in [2.05, 4.69) is 15.3 Å². The molecule has 0 saturated heterocycles. The van der Waals surface area contributed by atoms with Gasteiger partial charge in [-0.25, -0.2) is 14.4 Å². The number of hydrogen-bond donors (Lipinski definition) is 2. The van der Waals surface area contributed by atoms with Crippen LogP contribution >= 0.6 is 0 Å². The normalized spacial score (nSPS) is 10.1. The monoisotopic (exact) mass is 270 g/mol. The maximum atomic E-state index is 13.5. The molecule has 20 heavy (non-hydrogen) atoms. The molecule has 0 atom stereocenters. The first kappa shape index (κ1) is 13.7. The number of rotatable bonds is 3. The van der Waals surface area contributed by atoms with Gasteiger partial charge in [0.05, 0.1) is 5.56 Å². The summed E-state index contributed by atoms with van der Waals surface area (Å²) in [7, 11) is 5.49. The van der Waals surface area contributed by atoms with Crippen LogP contribution in [0.1, 0.15) is 20.8 Å². The van der Waals surface area contributed by atoms with Crippen molar-refractivity contribution in [3.8, 4) is 0 Å². The first-order valence-electron chi connectivity index (χ1n) is 5.46. The molecule has 0 aliphatic carbocycles. The molecule has 1 aromatic carbocycles. The minimum absolute atomic E-state index is 0.146. The number of nitrogens with one attached hydrogen (secondary N) is 1. The Labute approximate surface area is 114 Å². The highest BCUT2D eigenvalue weighted by Crippen LogP contribution is 2.11. The predicted octanol–water partition coefficient (Wildman–Crippen LogP) is -0.239. The Bertz CT molecular complexity index is 693. The van der Waals surface area contributed by atoms with E-state index in [1.165, 1.54) is 24.5 Å². The Morgan fingerprint density at radius 3 is 2.65 bits per heavy atom. The molecule has 0 aliphatic rings. The molecule has 98 valence electrons. The highest BCUT2D eigenvalue weighted by molar-refractivity contribution is 6.32. The van der Waals surface area contributed by atoms with Gasteiger partial charge < -0.3 is 11.1 Å². The van der Waals surface area contributed by atoms with Crippen LogP contribution in [-0.2, 0) is 0 Å². The number of amides is 2. The zero-order valence-corrected chi connectivity index (χ0v) is 10.1. The Morgan fingerprint density at radius 2 is 1.95 bits per heavy atom. The molecule has 3 N–H and O–H groups in total. The lowest BCUT2D eigenvalue weighted by Crippen LogP contribution is -2.22. The van der Waals surface area contributed by atoms with Gasteiger partial charge in [-0.15, -0.1) is 0 Å². The van der Waals surface area contributed by atoms with Crippen LogP contribution in [0.5, 0.6) is 0 Å². The zero-order valence-electron chi connectivity index (χ0n) is 10.1. The van der Waals surface area contributed by atoms with Gasteiger partial charge in [0.25, 0.3) is 11.8 Å². The fourth-order valence-corrected chi connectivity index (χ4v) is 1.50. The molecule has 2 aromatic rings. The third-order valence-electron chi connectivity index (χ3n) is 2.40. The van der Waals surface area contributed by atoms with Gasteiger partial charge in [-0.2, -0.15) is 0 Å². The zero-order chi connectivity index (χ0) is 14.7. The number of carbonyl (C=O) groups is 2. The maximum Gasteiger partial charge on any atom is 0.271 e. The van der Waals surface area contributed by atoms with E-state index in [1.54, 1.807) is 0 Å². The van der Waals surface area contributed by atoms with E-state index in [-0.39, 0.29) is 22.5 Å². The van der Waals surface area contributed by atoms with E-state index in [0.29, 0.717) is 0 Å². The van der Waals surface area contributed by atoms with Gasteiger partial charge in [0.2, 0.25) is 0 Å². The Balaban J connectivity index is 2.33. The van der Waals surface area contributed by atoms with Crippen molar-refractivity contribution >= 4 is 30.9 Å². The van der Waals surface area contributed by atoms with Crippen molar-refractivity contribution in [2.45, 2.75) is 0 Å². The standard InChI is InChI=1S/C12H8BFN4O2/c13-6-1-2-8(14)7(5-6)12(20)18-11-9(10(15)19)16-3-4-17-11/h1-5H,(H2,15,19)(H,17,18,20). The van der Waals surface area contributed by atoms with Gasteiger partial charge in [-0.3, -0.25) is 9.59 Å². The molecule has 0 aliphatic heterocycles. The number of nitrogens with two attached hydrogens (primary N) is 1. The van der Waals surface area contributed by atoms with Gasteiger partial charge in [0.15, 0.2) is 11.5 Å². The minimum Gasteiger partial charge on any atom is -0.364 e. The molecule has 0 fully saturated rings. The first-order valence-corrected chi connectivity index (χ1v) is 5.46. The lowest BCUT2D eigenvalue weighted by molar-refractivity contribution is 0.0996. The summed E-state index contributed by atoms with van der Waals surface area (Å²) < 4.78 is 13.5. The Kier molecular flexibility index (Phi) is 3.74. The second kappa shape index (κ2) is 5.47. The Morgan fingerprint density at radius 1 is 1.25 bits per heavy atom. The number of carbonyl (C=O) groups excluding carboxylic acids is 2. The van der Waals surface area contributed by atoms with E-state index in [9.17, 15) is 14.0 Å². The lowest BCUT2D eigenvalue weighted by Gasteiger charge is -2.08. The molecule has 0 unspecified atom stereocenters. The smallest absolute Gasteiger partial charge is 0.271 e. The topological polar surface area (TPSA) is 98.0 Å². The molecule has 1 aromatic heterocycles. The van der Waals surface area contributed by atoms with E-state index in [0.717, 1.165) is 6.07 Å². The van der Waals surface area contributed by atoms with Crippen molar-refractivity contribution in [3.63, 3.8) is 0 Å². The highest BCUT2D eigenvalue weighted by Gasteiger charge is 2.17. The summed E-state index contributed by atoms with van der Waals surface area (Å²) in [6.45, 7) is 0. The molecule has 1 heterocycles. The summed E-state index contributed by atoms with van der Waals surface area (Å²) in [4.78, 5) is 30.5. The molecule has 0 spiro atoms. The number of hydrogen-bond acceptors (Lipinski definition) is 4. The van der Waals surface area contributed by atoms with Crippen molar-refractivity contribution < 1.29 is 14.0 Å². The maximum absolute atomic E-state index is 13.5. The average molecular weight is 270 g/mol. The molecule has 0 saturated carbocycles. The third kappa shape index (κ3) is 2.79. The number of benzene rings is 1. The van der Waals surface area contributed by atoms with Crippen LogP contribution in [0.15, 0.2) is 30.6 Å². The molecule has 8 heteroatoms. The van der Waals surface area contributed by atoms with Crippen LogP contribution in [0.25, 0.3) is 0 Å². The van der Waals surface area contributed by atoms with Crippen LogP contribution < -0.4 is 16.5 Å². The number of aromatic nitrogens is 2. The average Bonchev–Trinajstić information content (AvgIpc) is 2.41. The number of primary amides is 1. The number of anilines is 1. The van der Waals surface area contributed by atoms with Crippen LogP contribution in [0, 0.1) is 5.82 Å². The van der Waals surface area contributed by atoms with Crippen molar-refractivity contribution in [3.05, 3.63) is 47.7 Å². The largest absolute Gasteiger partial charge is 0.364 e. The van der Waals surface area contributed by atoms with Gasteiger partial charge in [0, 0.05) is 12.4 Å². The first-order chi connectivity index (χ1) is 9.49. The SMILES string of the molecule is [B]c1ccc(F)c(C(=O)Nc2nccnc2C(N)=O)c1. The summed E-state index contributed by atoms with van der Waals surface area (Å²) in [5, 5.41) is 2.27. The fraction of sp³-hybridized carbons (Fsp3) is 0. The molecule has 6 nitrogen and oxygen atoms in total. The summed E-state index contributed by atoms with van der Waals surface area (Å²) in [6.07, 6.45) is 2.51. The van der Waals surface area contributed by atoms with E-state index >= 15 is 0 Å². The Hall–Kier alpha value is -2.77. The number of nitrogens with zero attached hydrogens (tertiary/aromatic N) is 2. The van der Waals surface area contributed by atoms with Crippen molar-refractivity contribution in [2.24, 2.45) is 5.73 Å². The molecular formula is C12H8BFN4O2. The third-order valence-corrected chi connectivity index (χ3v) is 2.40. The van der Waals surface area contributed by atoms with Crippen LogP contribution in [0.4, 0.5) is 10.2 Å². The van der Waals surface area contributed by atoms with Crippen LogP contribution in [-0.4, -0.2) is 29.6 Å². The van der Waals surface area contributed by atoms with Gasteiger partial charge in [-0.1, -0.05) is 17.6 Å². The van der Waals surface area contributed by atoms with Crippen molar-refractivity contribution in [1.29, 1.82) is 0 Å².